The molecular formula is C39H38F3N9O8S. The van der Waals surface area contributed by atoms with Gasteiger partial charge in [0, 0.05) is 69.3 Å². The lowest BCUT2D eigenvalue weighted by Crippen LogP contribution is -2.63. The Morgan fingerprint density at radius 1 is 0.917 bits per heavy atom. The maximum atomic E-state index is 13.3. The number of carbonyl (C=O) groups excluding carboxylic acids is 5. The van der Waals surface area contributed by atoms with E-state index in [9.17, 15) is 45.6 Å². The number of benzene rings is 3. The molecule has 0 bridgehead atoms. The number of nitrogens with zero attached hydrogens (tertiary/aromatic N) is 7. The summed E-state index contributed by atoms with van der Waals surface area (Å²) in [5.41, 5.74) is 2.49. The zero-order valence-corrected chi connectivity index (χ0v) is 32.8. The first-order valence-corrected chi connectivity index (χ1v) is 20.9. The Morgan fingerprint density at radius 2 is 1.62 bits per heavy atom. The number of carbonyl (C=O) groups is 5. The number of aromatic nitrogens is 2. The van der Waals surface area contributed by atoms with Crippen LogP contribution in [0.3, 0.4) is 0 Å². The zero-order valence-electron chi connectivity index (χ0n) is 32.0. The molecule has 314 valence electrons. The number of para-hydroxylation sites is 1. The Hall–Kier alpha value is -6.35. The summed E-state index contributed by atoms with van der Waals surface area (Å²) < 4.78 is 62.4. The van der Waals surface area contributed by atoms with Gasteiger partial charge in [-0.25, -0.2) is 18.2 Å². The van der Waals surface area contributed by atoms with Gasteiger partial charge in [-0.05, 0) is 60.9 Å². The molecule has 1 aromatic heterocycles. The van der Waals surface area contributed by atoms with E-state index >= 15 is 0 Å². The van der Waals surface area contributed by atoms with Gasteiger partial charge in [-0.3, -0.25) is 34.3 Å². The van der Waals surface area contributed by atoms with Crippen molar-refractivity contribution in [2.45, 2.75) is 37.5 Å². The second kappa shape index (κ2) is 15.7. The molecule has 0 aliphatic carbocycles. The molecule has 3 fully saturated rings. The Kier molecular flexibility index (Phi) is 10.6. The summed E-state index contributed by atoms with van der Waals surface area (Å²) in [6.45, 7) is 4.72. The van der Waals surface area contributed by atoms with E-state index in [2.05, 4.69) is 30.2 Å². The van der Waals surface area contributed by atoms with Crippen molar-refractivity contribution in [1.29, 1.82) is 0 Å². The van der Waals surface area contributed by atoms with Crippen LogP contribution >= 0.6 is 0 Å². The molecule has 1 atom stereocenters. The maximum absolute atomic E-state index is 13.3. The number of halogens is 3. The predicted molar refractivity (Wildman–Crippen MR) is 211 cm³/mol. The predicted octanol–water partition coefficient (Wildman–Crippen LogP) is 2.48. The molecule has 0 radical (unpaired) electrons. The number of fused-ring (bicyclic) bond motifs is 2. The minimum Gasteiger partial charge on any atom is -0.369 e. The van der Waals surface area contributed by atoms with E-state index in [1.54, 1.807) is 12.1 Å². The number of anilines is 4. The van der Waals surface area contributed by atoms with Gasteiger partial charge in [0.05, 0.1) is 28.6 Å². The van der Waals surface area contributed by atoms with Gasteiger partial charge in [-0.15, -0.1) is 0 Å². The second-order valence-corrected chi connectivity index (χ2v) is 16.7. The quantitative estimate of drug-likeness (QED) is 0.165. The number of amides is 4. The van der Waals surface area contributed by atoms with Gasteiger partial charge in [-0.1, -0.05) is 28.7 Å². The molecule has 1 unspecified atom stereocenters. The first kappa shape index (κ1) is 40.4. The SMILES string of the molecule is CS(=O)(=O)N(OC(=O)C(F)(F)F)c1ccc(CCNc2nc(N3CCN(C4CN(c5ccc6c(c5)C(=O)N(C5CCC(=O)NC5=O)C6=O)C4)CC3)nc3ccccc23)cc1. The van der Waals surface area contributed by atoms with Gasteiger partial charge < -0.3 is 20.0 Å². The fourth-order valence-electron chi connectivity index (χ4n) is 7.73. The van der Waals surface area contributed by atoms with Gasteiger partial charge in [0.2, 0.25) is 17.8 Å². The topological polar surface area (TPSA) is 195 Å². The summed E-state index contributed by atoms with van der Waals surface area (Å²) in [4.78, 5) is 83.3. The Morgan fingerprint density at radius 3 is 2.30 bits per heavy atom. The number of imide groups is 2. The average molecular weight is 850 g/mol. The number of rotatable bonds is 11. The number of hydrogen-bond acceptors (Lipinski definition) is 14. The molecular weight excluding hydrogens is 812 g/mol. The van der Waals surface area contributed by atoms with Crippen molar-refractivity contribution in [3.63, 3.8) is 0 Å². The summed E-state index contributed by atoms with van der Waals surface area (Å²) in [7, 11) is -4.38. The zero-order chi connectivity index (χ0) is 42.5. The minimum absolute atomic E-state index is 0.0535. The van der Waals surface area contributed by atoms with Crippen molar-refractivity contribution in [2.24, 2.45) is 0 Å². The highest BCUT2D eigenvalue weighted by molar-refractivity contribution is 7.91. The van der Waals surface area contributed by atoms with Crippen LogP contribution in [0.4, 0.5) is 36.3 Å². The summed E-state index contributed by atoms with van der Waals surface area (Å²) in [5, 5.41) is 6.38. The highest BCUT2D eigenvalue weighted by atomic mass is 32.2. The Balaban J connectivity index is 0.860. The van der Waals surface area contributed by atoms with Gasteiger partial charge in [0.25, 0.3) is 21.8 Å². The molecule has 3 saturated heterocycles. The molecule has 4 aromatic rings. The first-order valence-electron chi connectivity index (χ1n) is 19.0. The van der Waals surface area contributed by atoms with Crippen LogP contribution in [-0.4, -0.2) is 128 Å². The molecule has 8 rings (SSSR count). The molecule has 4 aliphatic heterocycles. The highest BCUT2D eigenvalue weighted by Gasteiger charge is 2.46. The lowest BCUT2D eigenvalue weighted by molar-refractivity contribution is -0.199. The van der Waals surface area contributed by atoms with E-state index in [1.165, 1.54) is 24.3 Å². The second-order valence-electron chi connectivity index (χ2n) is 14.9. The van der Waals surface area contributed by atoms with Crippen LogP contribution in [0.15, 0.2) is 66.7 Å². The lowest BCUT2D eigenvalue weighted by Gasteiger charge is -2.49. The largest absolute Gasteiger partial charge is 0.493 e. The molecule has 0 saturated carbocycles. The van der Waals surface area contributed by atoms with Crippen LogP contribution in [-0.2, 0) is 35.7 Å². The van der Waals surface area contributed by atoms with E-state index < -0.39 is 51.8 Å². The van der Waals surface area contributed by atoms with Crippen molar-refractivity contribution in [1.82, 2.24) is 25.1 Å². The van der Waals surface area contributed by atoms with Crippen molar-refractivity contribution < 1.29 is 50.4 Å². The van der Waals surface area contributed by atoms with E-state index in [1.807, 2.05) is 30.3 Å². The number of sulfonamides is 1. The maximum Gasteiger partial charge on any atom is 0.493 e. The van der Waals surface area contributed by atoms with Crippen molar-refractivity contribution >= 4 is 73.7 Å². The average Bonchev–Trinajstić information content (AvgIpc) is 3.44. The monoisotopic (exact) mass is 849 g/mol. The van der Waals surface area contributed by atoms with Crippen LogP contribution in [0, 0.1) is 0 Å². The van der Waals surface area contributed by atoms with Crippen LogP contribution < -0.4 is 24.9 Å². The van der Waals surface area contributed by atoms with Crippen LogP contribution in [0.5, 0.6) is 0 Å². The molecule has 2 N–H and O–H groups in total. The summed E-state index contributed by atoms with van der Waals surface area (Å²) in [6, 6.07) is 17.5. The number of piperazine rings is 1. The third kappa shape index (κ3) is 8.01. The van der Waals surface area contributed by atoms with Crippen molar-refractivity contribution in [3.8, 4) is 0 Å². The number of nitrogens with one attached hydrogen (secondary N) is 2. The van der Waals surface area contributed by atoms with E-state index in [0.29, 0.717) is 44.1 Å². The fourth-order valence-corrected chi connectivity index (χ4v) is 8.44. The van der Waals surface area contributed by atoms with Crippen LogP contribution in [0.25, 0.3) is 10.9 Å². The number of piperidine rings is 1. The lowest BCUT2D eigenvalue weighted by atomic mass is 10.0. The Bertz CT molecular complexity index is 2510. The molecule has 4 aliphatic rings. The molecule has 5 heterocycles. The molecule has 21 heteroatoms. The van der Waals surface area contributed by atoms with Gasteiger partial charge in [-0.2, -0.15) is 18.2 Å². The van der Waals surface area contributed by atoms with Crippen LogP contribution in [0.2, 0.25) is 0 Å². The first-order chi connectivity index (χ1) is 28.5. The summed E-state index contributed by atoms with van der Waals surface area (Å²) in [6.07, 6.45) is -4.18. The Labute approximate surface area is 341 Å². The van der Waals surface area contributed by atoms with E-state index in [0.717, 1.165) is 53.2 Å². The molecule has 3 aromatic carbocycles. The third-order valence-electron chi connectivity index (χ3n) is 10.9. The van der Waals surface area contributed by atoms with E-state index in [-0.39, 0.29) is 40.2 Å². The van der Waals surface area contributed by atoms with Gasteiger partial charge in [0.15, 0.2) is 0 Å². The van der Waals surface area contributed by atoms with Crippen molar-refractivity contribution in [3.05, 3.63) is 83.4 Å². The van der Waals surface area contributed by atoms with Gasteiger partial charge in [0.1, 0.15) is 11.9 Å². The highest BCUT2D eigenvalue weighted by Crippen LogP contribution is 2.33. The molecule has 60 heavy (non-hydrogen) atoms. The number of hydrogen-bond donors (Lipinski definition) is 2. The van der Waals surface area contributed by atoms with E-state index in [4.69, 9.17) is 9.97 Å². The normalized spacial score (nSPS) is 19.0. The fraction of sp³-hybridized carbons (Fsp3) is 0.359. The van der Waals surface area contributed by atoms with Gasteiger partial charge >= 0.3 is 12.1 Å². The molecule has 4 amide bonds. The van der Waals surface area contributed by atoms with Crippen LogP contribution in [0.1, 0.15) is 39.1 Å². The summed E-state index contributed by atoms with van der Waals surface area (Å²) in [5.74, 6) is -3.64. The van der Waals surface area contributed by atoms with Crippen molar-refractivity contribution in [2.75, 3.05) is 71.7 Å². The minimum atomic E-state index is -5.39. The third-order valence-corrected chi connectivity index (χ3v) is 11.8. The number of alkyl halides is 3. The molecule has 17 nitrogen and oxygen atoms in total. The summed E-state index contributed by atoms with van der Waals surface area (Å²) >= 11 is 0. The molecule has 0 spiro atoms. The smallest absolute Gasteiger partial charge is 0.369 e. The standard InChI is InChI=1S/C39H38F3N9O8S/c1-60(57,58)51(59-37(56)39(40,41)42)24-8-6-23(7-9-24)14-15-43-33-28-4-2-3-5-30(28)44-38(46-33)48-18-16-47(17-19-48)26-21-49(22-26)25-10-11-27-29(20-25)36(55)50(35(27)54)31-12-13-32(52)45-34(31)53/h2-11,20,26,31H,12-19,21-22H2,1H3,(H,43,44,46)(H,45,52,53).